The number of nitrogens with one attached hydrogen (secondary N) is 1. The predicted molar refractivity (Wildman–Crippen MR) is 27.1 cm³/mol. The van der Waals surface area contributed by atoms with E-state index in [1.54, 1.807) is 0 Å². The smallest absolute Gasteiger partial charge is 0.387 e. The first-order valence-corrected chi connectivity index (χ1v) is 2.26. The minimum Gasteiger partial charge on any atom is -0.387 e. The van der Waals surface area contributed by atoms with Gasteiger partial charge in [-0.3, -0.25) is 5.41 Å². The Morgan fingerprint density at radius 2 is 1.89 bits per heavy atom. The summed E-state index contributed by atoms with van der Waals surface area (Å²) in [6, 6.07) is 0. The van der Waals surface area contributed by atoms with E-state index in [4.69, 9.17) is 5.41 Å². The van der Waals surface area contributed by atoms with Crippen molar-refractivity contribution in [2.45, 2.75) is 13.1 Å². The fourth-order valence-corrected chi connectivity index (χ4v) is 0.176. The molecule has 0 aliphatic rings. The summed E-state index contributed by atoms with van der Waals surface area (Å²) < 4.78 is 34.4. The molecule has 0 fully saturated rings. The summed E-state index contributed by atoms with van der Waals surface area (Å²) >= 11 is 0. The van der Waals surface area contributed by atoms with Gasteiger partial charge in [-0.25, -0.2) is 0 Å². The second-order valence-corrected chi connectivity index (χ2v) is 1.72. The maximum Gasteiger partial charge on any atom is 0.398 e. The first-order chi connectivity index (χ1) is 3.85. The molecule has 0 saturated carbocycles. The van der Waals surface area contributed by atoms with Crippen LogP contribution in [0, 0.1) is 11.3 Å². The Bertz CT molecular complexity index is 117. The van der Waals surface area contributed by atoms with E-state index in [0.717, 1.165) is 6.92 Å². The first-order valence-electron chi connectivity index (χ1n) is 2.26. The van der Waals surface area contributed by atoms with Gasteiger partial charge in [-0.2, -0.15) is 13.2 Å². The maximum absolute atomic E-state index is 11.5. The summed E-state index contributed by atoms with van der Waals surface area (Å²) in [7, 11) is 0. The fourth-order valence-electron chi connectivity index (χ4n) is 0.176. The molecule has 3 N–H and O–H groups in total. The lowest BCUT2D eigenvalue weighted by Gasteiger charge is -2.12. The van der Waals surface area contributed by atoms with Crippen LogP contribution in [0.2, 0.25) is 0 Å². The number of rotatable bonds is 1. The molecule has 0 spiro atoms. The van der Waals surface area contributed by atoms with Crippen molar-refractivity contribution in [3.05, 3.63) is 0 Å². The van der Waals surface area contributed by atoms with Crippen LogP contribution in [0.15, 0.2) is 0 Å². The molecule has 0 aliphatic heterocycles. The molecular weight excluding hydrogens is 133 g/mol. The van der Waals surface area contributed by atoms with Crippen LogP contribution in [0.5, 0.6) is 0 Å². The second-order valence-electron chi connectivity index (χ2n) is 1.72. The average Bonchev–Trinajstić information content (AvgIpc) is 1.62. The number of amidine groups is 1. The molecule has 0 aromatic rings. The van der Waals surface area contributed by atoms with Crippen molar-refractivity contribution in [1.82, 2.24) is 0 Å². The highest BCUT2D eigenvalue weighted by atomic mass is 19.4. The van der Waals surface area contributed by atoms with Gasteiger partial charge in [-0.1, -0.05) is 0 Å². The molecule has 0 radical (unpaired) electrons. The van der Waals surface area contributed by atoms with Crippen LogP contribution < -0.4 is 5.73 Å². The Labute approximate surface area is 50.4 Å². The van der Waals surface area contributed by atoms with E-state index in [2.05, 4.69) is 5.73 Å². The van der Waals surface area contributed by atoms with Gasteiger partial charge in [-0.15, -0.1) is 0 Å². The highest BCUT2D eigenvalue weighted by Gasteiger charge is 2.37. The molecule has 1 atom stereocenters. The Hall–Kier alpha value is -0.740. The van der Waals surface area contributed by atoms with Gasteiger partial charge in [-0.05, 0) is 6.92 Å². The highest BCUT2D eigenvalue weighted by Crippen LogP contribution is 2.24. The average molecular weight is 140 g/mol. The molecule has 1 unspecified atom stereocenters. The van der Waals surface area contributed by atoms with Gasteiger partial charge in [0.25, 0.3) is 0 Å². The largest absolute Gasteiger partial charge is 0.398 e. The minimum atomic E-state index is -4.37. The van der Waals surface area contributed by atoms with Gasteiger partial charge < -0.3 is 5.73 Å². The molecule has 0 aromatic carbocycles. The number of alkyl halides is 3. The molecule has 0 saturated heterocycles. The van der Waals surface area contributed by atoms with Crippen LogP contribution in [-0.4, -0.2) is 12.0 Å². The summed E-state index contributed by atoms with van der Waals surface area (Å²) in [6.45, 7) is 0.850. The van der Waals surface area contributed by atoms with Crippen LogP contribution >= 0.6 is 0 Å². The monoisotopic (exact) mass is 140 g/mol. The Balaban J connectivity index is 4.04. The van der Waals surface area contributed by atoms with Crippen molar-refractivity contribution in [3.63, 3.8) is 0 Å². The van der Waals surface area contributed by atoms with Crippen LogP contribution in [0.25, 0.3) is 0 Å². The van der Waals surface area contributed by atoms with Gasteiger partial charge in [0.05, 0.1) is 0 Å². The maximum atomic E-state index is 11.5. The third-order valence-corrected chi connectivity index (χ3v) is 0.957. The van der Waals surface area contributed by atoms with Gasteiger partial charge in [0.15, 0.2) is 0 Å². The molecule has 2 nitrogen and oxygen atoms in total. The van der Waals surface area contributed by atoms with Crippen molar-refractivity contribution in [2.75, 3.05) is 0 Å². The van der Waals surface area contributed by atoms with E-state index in [1.807, 2.05) is 0 Å². The molecule has 0 aromatic heterocycles. The second kappa shape index (κ2) is 2.24. The van der Waals surface area contributed by atoms with Crippen molar-refractivity contribution in [2.24, 2.45) is 11.7 Å². The number of hydrogen-bond donors (Lipinski definition) is 2. The normalized spacial score (nSPS) is 15.1. The summed E-state index contributed by atoms with van der Waals surface area (Å²) in [6.07, 6.45) is -4.37. The fraction of sp³-hybridized carbons (Fsp3) is 0.750. The minimum absolute atomic E-state index is 0.845. The zero-order valence-corrected chi connectivity index (χ0v) is 4.79. The number of nitrogens with two attached hydrogens (primary N) is 1. The van der Waals surface area contributed by atoms with E-state index in [0.29, 0.717) is 0 Å². The van der Waals surface area contributed by atoms with E-state index in [-0.39, 0.29) is 0 Å². The van der Waals surface area contributed by atoms with E-state index >= 15 is 0 Å². The third-order valence-electron chi connectivity index (χ3n) is 0.957. The van der Waals surface area contributed by atoms with Crippen molar-refractivity contribution in [1.29, 1.82) is 5.41 Å². The van der Waals surface area contributed by atoms with Crippen molar-refractivity contribution >= 4 is 5.84 Å². The summed E-state index contributed by atoms with van der Waals surface area (Å²) in [5.74, 6) is -2.67. The Morgan fingerprint density at radius 3 is 1.89 bits per heavy atom. The topological polar surface area (TPSA) is 49.9 Å². The van der Waals surface area contributed by atoms with E-state index in [1.165, 1.54) is 0 Å². The van der Waals surface area contributed by atoms with E-state index in [9.17, 15) is 13.2 Å². The lowest BCUT2D eigenvalue weighted by molar-refractivity contribution is -0.151. The van der Waals surface area contributed by atoms with Gasteiger partial charge in [0.2, 0.25) is 0 Å². The predicted octanol–water partition coefficient (Wildman–Crippen LogP) is 1.12. The third kappa shape index (κ3) is 2.34. The zero-order valence-electron chi connectivity index (χ0n) is 4.79. The van der Waals surface area contributed by atoms with Gasteiger partial charge >= 0.3 is 6.18 Å². The van der Waals surface area contributed by atoms with Crippen LogP contribution in [-0.2, 0) is 0 Å². The number of hydrogen-bond acceptors (Lipinski definition) is 1. The Morgan fingerprint density at radius 1 is 1.56 bits per heavy atom. The Kier molecular flexibility index (Phi) is 2.06. The molecule has 0 heterocycles. The molecule has 0 aliphatic carbocycles. The lowest BCUT2D eigenvalue weighted by Crippen LogP contribution is -2.32. The highest BCUT2D eigenvalue weighted by molar-refractivity contribution is 5.79. The molecular formula is C4H7F3N2. The van der Waals surface area contributed by atoms with Crippen LogP contribution in [0.3, 0.4) is 0 Å². The van der Waals surface area contributed by atoms with Gasteiger partial charge in [0, 0.05) is 0 Å². The van der Waals surface area contributed by atoms with Crippen LogP contribution in [0.4, 0.5) is 13.2 Å². The summed E-state index contributed by atoms with van der Waals surface area (Å²) in [5.41, 5.74) is 4.59. The van der Waals surface area contributed by atoms with Crippen molar-refractivity contribution < 1.29 is 13.2 Å². The molecule has 0 amide bonds. The SMILES string of the molecule is CC(C(=N)N)C(F)(F)F. The molecule has 0 bridgehead atoms. The van der Waals surface area contributed by atoms with Crippen LogP contribution in [0.1, 0.15) is 6.92 Å². The number of halogens is 3. The molecule has 9 heavy (non-hydrogen) atoms. The lowest BCUT2D eigenvalue weighted by atomic mass is 10.1. The first kappa shape index (κ1) is 8.26. The molecule has 0 rings (SSSR count). The molecule has 5 heteroatoms. The summed E-state index contributed by atoms with van der Waals surface area (Å²) in [4.78, 5) is 0. The zero-order chi connectivity index (χ0) is 7.65. The summed E-state index contributed by atoms with van der Waals surface area (Å²) in [5, 5.41) is 6.41. The standard InChI is InChI=1S/C4H7F3N2/c1-2(3(8)9)4(5,6)7/h2H,1H3,(H3,8,9). The quantitative estimate of drug-likeness (QED) is 0.416. The molecule has 54 valence electrons. The van der Waals surface area contributed by atoms with Gasteiger partial charge in [0.1, 0.15) is 11.8 Å². The van der Waals surface area contributed by atoms with Crippen molar-refractivity contribution in [3.8, 4) is 0 Å². The van der Waals surface area contributed by atoms with E-state index < -0.39 is 17.9 Å².